The number of alkyl halides is 3. The summed E-state index contributed by atoms with van der Waals surface area (Å²) in [5, 5.41) is 12.8. The van der Waals surface area contributed by atoms with Crippen LogP contribution in [0.4, 0.5) is 18.0 Å². The number of carbonyl (C=O) groups is 2. The van der Waals surface area contributed by atoms with E-state index in [4.69, 9.17) is 0 Å². The average Bonchev–Trinajstić information content (AvgIpc) is 3.34. The van der Waals surface area contributed by atoms with Crippen LogP contribution in [0.3, 0.4) is 0 Å². The van der Waals surface area contributed by atoms with Crippen molar-refractivity contribution in [2.75, 3.05) is 13.3 Å². The lowest BCUT2D eigenvalue weighted by Crippen LogP contribution is -2.38. The molecule has 17 heteroatoms. The quantitative estimate of drug-likeness (QED) is 0.143. The summed E-state index contributed by atoms with van der Waals surface area (Å²) >= 11 is 0. The maximum absolute atomic E-state index is 13.5. The Bertz CT molecular complexity index is 1520. The molecule has 3 rings (SSSR count). The zero-order valence-electron chi connectivity index (χ0n) is 21.7. The number of ether oxygens (including phenoxy) is 2. The van der Waals surface area contributed by atoms with Crippen LogP contribution in [0.5, 0.6) is 0 Å². The Morgan fingerprint density at radius 1 is 1.12 bits per heavy atom. The lowest BCUT2D eigenvalue weighted by atomic mass is 10.1. The number of benzene rings is 2. The summed E-state index contributed by atoms with van der Waals surface area (Å²) in [7, 11) is -4.60. The van der Waals surface area contributed by atoms with E-state index >= 15 is 0 Å². The van der Waals surface area contributed by atoms with Crippen LogP contribution in [0.2, 0.25) is 0 Å². The second-order valence-electron chi connectivity index (χ2n) is 8.53. The molecule has 220 valence electrons. The molecule has 0 aliphatic rings. The first kappa shape index (κ1) is 30.9. The molecule has 0 fully saturated rings. The minimum Gasteiger partial charge on any atom is -0.429 e. The third-order valence-electron chi connectivity index (χ3n) is 5.38. The Morgan fingerprint density at radius 2 is 1.73 bits per heavy atom. The van der Waals surface area contributed by atoms with Gasteiger partial charge in [-0.3, -0.25) is 4.79 Å². The van der Waals surface area contributed by atoms with Gasteiger partial charge in [-0.2, -0.15) is 22.6 Å². The number of aromatic nitrogens is 2. The Labute approximate surface area is 231 Å². The van der Waals surface area contributed by atoms with Crippen molar-refractivity contribution >= 4 is 22.1 Å². The molecule has 41 heavy (non-hydrogen) atoms. The number of hydrogen-bond acceptors (Lipinski definition) is 10. The van der Waals surface area contributed by atoms with Gasteiger partial charge in [-0.25, -0.2) is 17.9 Å². The zero-order valence-corrected chi connectivity index (χ0v) is 22.5. The summed E-state index contributed by atoms with van der Waals surface area (Å²) in [6, 6.07) is 12.0. The molecule has 0 radical (unpaired) electrons. The molecule has 0 saturated carbocycles. The second-order valence-corrected chi connectivity index (χ2v) is 10.4. The van der Waals surface area contributed by atoms with Gasteiger partial charge in [0, 0.05) is 12.5 Å². The summed E-state index contributed by atoms with van der Waals surface area (Å²) in [6.07, 6.45) is -7.30. The van der Waals surface area contributed by atoms with Gasteiger partial charge >= 0.3 is 12.3 Å². The summed E-state index contributed by atoms with van der Waals surface area (Å²) in [5.74, 6) is -1.03. The van der Waals surface area contributed by atoms with Crippen molar-refractivity contribution in [1.29, 1.82) is 0 Å². The van der Waals surface area contributed by atoms with Crippen molar-refractivity contribution in [2.45, 2.75) is 37.9 Å². The van der Waals surface area contributed by atoms with E-state index in [0.717, 1.165) is 35.4 Å². The first-order valence-electron chi connectivity index (χ1n) is 11.6. The number of hydrogen-bond donors (Lipinski definition) is 0. The molecule has 0 aliphatic heterocycles. The number of nitrogens with zero attached hydrogens (tertiary/aromatic N) is 4. The Kier molecular flexibility index (Phi) is 9.21. The molecule has 1 unspecified atom stereocenters. The summed E-state index contributed by atoms with van der Waals surface area (Å²) in [5.41, 5.74) is 0.353. The van der Waals surface area contributed by atoms with Gasteiger partial charge in [0.15, 0.2) is 12.4 Å². The molecule has 0 N–H and O–H groups in total. The predicted molar refractivity (Wildman–Crippen MR) is 133 cm³/mol. The van der Waals surface area contributed by atoms with Gasteiger partial charge in [-0.05, 0) is 44.2 Å². The number of halogens is 3. The van der Waals surface area contributed by atoms with Crippen LogP contribution in [0.1, 0.15) is 25.1 Å². The Morgan fingerprint density at radius 3 is 2.27 bits per heavy atom. The molecular weight excluding hydrogens is 577 g/mol. The fourth-order valence-corrected chi connectivity index (χ4v) is 4.64. The topological polar surface area (TPSA) is 160 Å². The largest absolute Gasteiger partial charge is 0.510 e. The highest BCUT2D eigenvalue weighted by molar-refractivity contribution is 7.89. The number of aryl methyl sites for hydroxylation is 1. The van der Waals surface area contributed by atoms with Crippen molar-refractivity contribution in [1.82, 2.24) is 14.1 Å². The molecule has 0 aliphatic carbocycles. The minimum atomic E-state index is -4.74. The van der Waals surface area contributed by atoms with E-state index in [-0.39, 0.29) is 15.7 Å². The average molecular weight is 601 g/mol. The fraction of sp³-hybridized carbons (Fsp3) is 0.292. The molecular formula is C24H23F3N4O9S. The van der Waals surface area contributed by atoms with Crippen molar-refractivity contribution < 1.29 is 50.6 Å². The smallest absolute Gasteiger partial charge is 0.429 e. The summed E-state index contributed by atoms with van der Waals surface area (Å²) < 4.78 is 77.2. The van der Waals surface area contributed by atoms with Gasteiger partial charge < -0.3 is 14.3 Å². The van der Waals surface area contributed by atoms with Crippen molar-refractivity contribution in [3.63, 3.8) is 0 Å². The third-order valence-corrected chi connectivity index (χ3v) is 7.19. The highest BCUT2D eigenvalue weighted by Gasteiger charge is 2.35. The monoisotopic (exact) mass is 600 g/mol. The standard InChI is InChI=1S/C24H23F3N4O9S/c1-15-4-6-18(7-5-15)21-12-22(24(25,26)27)28-30(21)19-8-10-20(11-9-19)41(36,37)29(17(3)32)14-38-23(33)40-16(2)13-39-31(34)35/h4-12,16H,13-14H2,1-3H3. The van der Waals surface area contributed by atoms with E-state index in [9.17, 15) is 41.3 Å². The predicted octanol–water partition coefficient (Wildman–Crippen LogP) is 4.11. The number of rotatable bonds is 10. The molecule has 0 spiro atoms. The van der Waals surface area contributed by atoms with Crippen molar-refractivity contribution in [3.05, 3.63) is 76.0 Å². The SMILES string of the molecule is CC(=O)N(COC(=O)OC(C)CO[N+](=O)[O-])S(=O)(=O)c1ccc(-n2nc(C(F)(F)F)cc2-c2ccc(C)cc2)cc1. The van der Waals surface area contributed by atoms with Crippen LogP contribution in [-0.4, -0.2) is 59.1 Å². The van der Waals surface area contributed by atoms with E-state index in [1.165, 1.54) is 19.1 Å². The van der Waals surface area contributed by atoms with Crippen LogP contribution in [0, 0.1) is 17.0 Å². The molecule has 0 bridgehead atoms. The molecule has 13 nitrogen and oxygen atoms in total. The Balaban J connectivity index is 1.84. The van der Waals surface area contributed by atoms with Gasteiger partial charge in [-0.15, -0.1) is 10.1 Å². The highest BCUT2D eigenvalue weighted by atomic mass is 32.2. The molecule has 1 amide bonds. The van der Waals surface area contributed by atoms with Gasteiger partial charge in [0.2, 0.25) is 5.91 Å². The fourth-order valence-electron chi connectivity index (χ4n) is 3.37. The number of sulfonamides is 1. The second kappa shape index (κ2) is 12.2. The summed E-state index contributed by atoms with van der Waals surface area (Å²) in [4.78, 5) is 37.7. The molecule has 3 aromatic rings. The minimum absolute atomic E-state index is 0.0927. The molecule has 1 heterocycles. The van der Waals surface area contributed by atoms with Crippen molar-refractivity contribution in [3.8, 4) is 16.9 Å². The third kappa shape index (κ3) is 7.71. The molecule has 0 saturated heterocycles. The maximum Gasteiger partial charge on any atom is 0.510 e. The van der Waals surface area contributed by atoms with Crippen LogP contribution in [-0.2, 0) is 35.3 Å². The van der Waals surface area contributed by atoms with E-state index in [1.807, 2.05) is 6.92 Å². The normalized spacial score (nSPS) is 12.3. The van der Waals surface area contributed by atoms with E-state index in [2.05, 4.69) is 19.4 Å². The van der Waals surface area contributed by atoms with Gasteiger partial charge in [0.1, 0.15) is 12.7 Å². The first-order valence-corrected chi connectivity index (χ1v) is 13.0. The van der Waals surface area contributed by atoms with Gasteiger partial charge in [0.25, 0.3) is 15.1 Å². The van der Waals surface area contributed by atoms with Crippen molar-refractivity contribution in [2.24, 2.45) is 0 Å². The number of amides is 1. The van der Waals surface area contributed by atoms with E-state index in [1.54, 1.807) is 24.3 Å². The lowest BCUT2D eigenvalue weighted by Gasteiger charge is -2.21. The van der Waals surface area contributed by atoms with Gasteiger partial charge in [0.05, 0.1) is 16.3 Å². The lowest BCUT2D eigenvalue weighted by molar-refractivity contribution is -0.759. The highest BCUT2D eigenvalue weighted by Crippen LogP contribution is 2.33. The molecule has 2 aromatic carbocycles. The molecule has 1 aromatic heterocycles. The van der Waals surface area contributed by atoms with Crippen LogP contribution < -0.4 is 0 Å². The van der Waals surface area contributed by atoms with Crippen LogP contribution in [0.25, 0.3) is 16.9 Å². The molecule has 1 atom stereocenters. The van der Waals surface area contributed by atoms with E-state index in [0.29, 0.717) is 5.56 Å². The number of carbonyl (C=O) groups excluding carboxylic acids is 2. The maximum atomic E-state index is 13.5. The zero-order chi connectivity index (χ0) is 30.5. The van der Waals surface area contributed by atoms with Crippen LogP contribution in [0.15, 0.2) is 59.5 Å². The Hall–Kier alpha value is -4.67. The first-order chi connectivity index (χ1) is 19.1. The summed E-state index contributed by atoms with van der Waals surface area (Å²) in [6.45, 7) is 2.24. The van der Waals surface area contributed by atoms with Gasteiger partial charge in [-0.1, -0.05) is 29.8 Å². The van der Waals surface area contributed by atoms with Crippen LogP contribution >= 0.6 is 0 Å². The van der Waals surface area contributed by atoms with E-state index < -0.39 is 63.4 Å².